The largest absolute Gasteiger partial charge is 0.409 e. The Bertz CT molecular complexity index is 679. The molecule has 2 rings (SSSR count). The average molecular weight is 315 g/mol. The molecule has 0 amide bonds. The summed E-state index contributed by atoms with van der Waals surface area (Å²) in [6, 6.07) is 7.98. The second-order valence-corrected chi connectivity index (χ2v) is 5.32. The summed E-state index contributed by atoms with van der Waals surface area (Å²) in [5, 5.41) is 12.1. The summed E-state index contributed by atoms with van der Waals surface area (Å²) < 4.78 is 26.5. The van der Waals surface area contributed by atoms with Crippen molar-refractivity contribution in [1.82, 2.24) is 0 Å². The first-order valence-electron chi connectivity index (χ1n) is 5.41. The van der Waals surface area contributed by atoms with Gasteiger partial charge in [-0.25, -0.2) is 8.78 Å². The summed E-state index contributed by atoms with van der Waals surface area (Å²) in [6.45, 7) is 0. The molecule has 0 radical (unpaired) electrons. The van der Waals surface area contributed by atoms with Crippen molar-refractivity contribution in [2.75, 3.05) is 0 Å². The molecule has 2 aromatic carbocycles. The number of oxime groups is 1. The van der Waals surface area contributed by atoms with Crippen molar-refractivity contribution in [1.29, 1.82) is 0 Å². The SMILES string of the molecule is NC(=NO)c1cc(Cl)ccc1Sc1ccc(F)cc1F. The van der Waals surface area contributed by atoms with E-state index < -0.39 is 11.6 Å². The van der Waals surface area contributed by atoms with Crippen LogP contribution in [0.25, 0.3) is 0 Å². The molecule has 7 heteroatoms. The topological polar surface area (TPSA) is 58.6 Å². The van der Waals surface area contributed by atoms with E-state index in [1.807, 2.05) is 0 Å². The molecule has 0 bridgehead atoms. The predicted octanol–water partition coefficient (Wildman–Crippen LogP) is 3.86. The van der Waals surface area contributed by atoms with Gasteiger partial charge in [0.15, 0.2) is 5.84 Å². The van der Waals surface area contributed by atoms with Crippen molar-refractivity contribution in [2.45, 2.75) is 9.79 Å². The summed E-state index contributed by atoms with van der Waals surface area (Å²) in [4.78, 5) is 0.760. The first kappa shape index (κ1) is 14.6. The fourth-order valence-electron chi connectivity index (χ4n) is 1.52. The van der Waals surface area contributed by atoms with Gasteiger partial charge in [0.1, 0.15) is 11.6 Å². The fourth-order valence-corrected chi connectivity index (χ4v) is 2.63. The van der Waals surface area contributed by atoms with Gasteiger partial charge in [-0.2, -0.15) is 0 Å². The van der Waals surface area contributed by atoms with Crippen LogP contribution in [-0.2, 0) is 0 Å². The number of benzene rings is 2. The monoisotopic (exact) mass is 314 g/mol. The summed E-state index contributed by atoms with van der Waals surface area (Å²) in [6.07, 6.45) is 0. The van der Waals surface area contributed by atoms with Gasteiger partial charge < -0.3 is 10.9 Å². The Hall–Kier alpha value is -1.79. The Morgan fingerprint density at radius 2 is 1.85 bits per heavy atom. The fraction of sp³-hybridized carbons (Fsp3) is 0. The highest BCUT2D eigenvalue weighted by Gasteiger charge is 2.12. The van der Waals surface area contributed by atoms with Crippen molar-refractivity contribution < 1.29 is 14.0 Å². The standard InChI is InChI=1S/C13H9ClF2N2OS/c14-7-1-3-11(9(5-7)13(17)18-19)20-12-4-2-8(15)6-10(12)16/h1-6,19H,(H2,17,18). The molecule has 0 aliphatic rings. The minimum Gasteiger partial charge on any atom is -0.409 e. The number of nitrogens with zero attached hydrogens (tertiary/aromatic N) is 1. The molecule has 104 valence electrons. The number of hydrogen-bond donors (Lipinski definition) is 2. The maximum absolute atomic E-state index is 13.6. The van der Waals surface area contributed by atoms with Gasteiger partial charge in [-0.05, 0) is 30.3 Å². The molecule has 0 aliphatic carbocycles. The second-order valence-electron chi connectivity index (χ2n) is 3.80. The zero-order valence-electron chi connectivity index (χ0n) is 9.98. The molecule has 0 atom stereocenters. The molecule has 3 N–H and O–H groups in total. The van der Waals surface area contributed by atoms with Crippen molar-refractivity contribution >= 4 is 29.2 Å². The van der Waals surface area contributed by atoms with Crippen LogP contribution in [0.2, 0.25) is 5.02 Å². The van der Waals surface area contributed by atoms with E-state index in [1.54, 1.807) is 12.1 Å². The van der Waals surface area contributed by atoms with Crippen LogP contribution in [0.15, 0.2) is 51.3 Å². The van der Waals surface area contributed by atoms with E-state index in [4.69, 9.17) is 22.5 Å². The van der Waals surface area contributed by atoms with E-state index >= 15 is 0 Å². The molecule has 0 saturated carbocycles. The van der Waals surface area contributed by atoms with Gasteiger partial charge in [0.05, 0.1) is 0 Å². The normalized spacial score (nSPS) is 11.7. The van der Waals surface area contributed by atoms with Gasteiger partial charge in [0, 0.05) is 26.4 Å². The van der Waals surface area contributed by atoms with E-state index in [-0.39, 0.29) is 10.7 Å². The Morgan fingerprint density at radius 1 is 1.15 bits per heavy atom. The molecule has 0 heterocycles. The summed E-state index contributed by atoms with van der Waals surface area (Å²) >= 11 is 6.88. The molecule has 2 aromatic rings. The van der Waals surface area contributed by atoms with Gasteiger partial charge in [0.2, 0.25) is 0 Å². The van der Waals surface area contributed by atoms with E-state index in [0.717, 1.165) is 23.9 Å². The lowest BCUT2D eigenvalue weighted by atomic mass is 10.2. The van der Waals surface area contributed by atoms with Crippen LogP contribution >= 0.6 is 23.4 Å². The van der Waals surface area contributed by atoms with E-state index in [1.165, 1.54) is 12.1 Å². The van der Waals surface area contributed by atoms with Crippen LogP contribution in [0, 0.1) is 11.6 Å². The molecule has 0 spiro atoms. The molecule has 0 aromatic heterocycles. The summed E-state index contributed by atoms with van der Waals surface area (Å²) in [5.41, 5.74) is 5.92. The predicted molar refractivity (Wildman–Crippen MR) is 74.4 cm³/mol. The highest BCUT2D eigenvalue weighted by molar-refractivity contribution is 7.99. The minimum atomic E-state index is -0.685. The van der Waals surface area contributed by atoms with Crippen LogP contribution in [0.5, 0.6) is 0 Å². The van der Waals surface area contributed by atoms with Gasteiger partial charge in [-0.1, -0.05) is 28.5 Å². The van der Waals surface area contributed by atoms with E-state index in [0.29, 0.717) is 15.5 Å². The number of halogens is 3. The maximum Gasteiger partial charge on any atom is 0.171 e. The Kier molecular flexibility index (Phi) is 4.46. The molecule has 0 unspecified atom stereocenters. The van der Waals surface area contributed by atoms with Crippen LogP contribution in [0.4, 0.5) is 8.78 Å². The lowest BCUT2D eigenvalue weighted by Gasteiger charge is -2.09. The molecular formula is C13H9ClF2N2OS. The first-order chi connectivity index (χ1) is 9.51. The van der Waals surface area contributed by atoms with Crippen molar-refractivity contribution in [3.63, 3.8) is 0 Å². The highest BCUT2D eigenvalue weighted by atomic mass is 35.5. The number of hydrogen-bond acceptors (Lipinski definition) is 3. The summed E-state index contributed by atoms with van der Waals surface area (Å²) in [7, 11) is 0. The van der Waals surface area contributed by atoms with E-state index in [9.17, 15) is 8.78 Å². The van der Waals surface area contributed by atoms with Gasteiger partial charge in [-0.3, -0.25) is 0 Å². The lowest BCUT2D eigenvalue weighted by molar-refractivity contribution is 0.318. The first-order valence-corrected chi connectivity index (χ1v) is 6.61. The van der Waals surface area contributed by atoms with Crippen LogP contribution in [0.3, 0.4) is 0 Å². The van der Waals surface area contributed by atoms with E-state index in [2.05, 4.69) is 5.16 Å². The second kappa shape index (κ2) is 6.11. The highest BCUT2D eigenvalue weighted by Crippen LogP contribution is 2.33. The molecule has 0 saturated heterocycles. The number of rotatable bonds is 3. The number of nitrogens with two attached hydrogens (primary N) is 1. The maximum atomic E-state index is 13.6. The summed E-state index contributed by atoms with van der Waals surface area (Å²) in [5.74, 6) is -1.48. The van der Waals surface area contributed by atoms with Crippen LogP contribution in [0.1, 0.15) is 5.56 Å². The molecule has 20 heavy (non-hydrogen) atoms. The molecular weight excluding hydrogens is 306 g/mol. The zero-order valence-corrected chi connectivity index (χ0v) is 11.6. The smallest absolute Gasteiger partial charge is 0.171 e. The minimum absolute atomic E-state index is 0.141. The van der Waals surface area contributed by atoms with Crippen molar-refractivity contribution in [3.8, 4) is 0 Å². The van der Waals surface area contributed by atoms with Crippen molar-refractivity contribution in [2.24, 2.45) is 10.9 Å². The Labute approximate surface area is 123 Å². The zero-order chi connectivity index (χ0) is 14.7. The van der Waals surface area contributed by atoms with Crippen LogP contribution < -0.4 is 5.73 Å². The third kappa shape index (κ3) is 3.20. The number of amidine groups is 1. The molecule has 3 nitrogen and oxygen atoms in total. The van der Waals surface area contributed by atoms with Gasteiger partial charge >= 0.3 is 0 Å². The van der Waals surface area contributed by atoms with Crippen molar-refractivity contribution in [3.05, 3.63) is 58.6 Å². The molecule has 0 fully saturated rings. The average Bonchev–Trinajstić information content (AvgIpc) is 2.42. The van der Waals surface area contributed by atoms with Crippen LogP contribution in [-0.4, -0.2) is 11.0 Å². The van der Waals surface area contributed by atoms with Gasteiger partial charge in [-0.15, -0.1) is 0 Å². The Balaban J connectivity index is 2.43. The molecule has 0 aliphatic heterocycles. The Morgan fingerprint density at radius 3 is 2.50 bits per heavy atom. The third-order valence-corrected chi connectivity index (χ3v) is 3.80. The quantitative estimate of drug-likeness (QED) is 0.391. The lowest BCUT2D eigenvalue weighted by Crippen LogP contribution is -2.14. The van der Waals surface area contributed by atoms with Gasteiger partial charge in [0.25, 0.3) is 0 Å². The third-order valence-electron chi connectivity index (χ3n) is 2.44.